The average Bonchev–Trinajstić information content (AvgIpc) is 3.20. The van der Waals surface area contributed by atoms with Crippen molar-refractivity contribution in [2.45, 2.75) is 48.8 Å². The predicted molar refractivity (Wildman–Crippen MR) is 123 cm³/mol. The van der Waals surface area contributed by atoms with Gasteiger partial charge in [0.15, 0.2) is 23.4 Å². The molecule has 0 aromatic heterocycles. The largest absolute Gasteiger partial charge is 0.493 e. The summed E-state index contributed by atoms with van der Waals surface area (Å²) in [4.78, 5) is 35.6. The fourth-order valence-corrected chi connectivity index (χ4v) is 6.44. The highest BCUT2D eigenvalue weighted by molar-refractivity contribution is 5.91. The lowest BCUT2D eigenvalue weighted by molar-refractivity contribution is -0.185. The van der Waals surface area contributed by atoms with Gasteiger partial charge in [0, 0.05) is 18.0 Å². The number of methoxy groups -OCH3 is 1. The number of aromatic carboxylic acids is 2. The summed E-state index contributed by atoms with van der Waals surface area (Å²) in [6.07, 6.45) is 1.89. The summed E-state index contributed by atoms with van der Waals surface area (Å²) in [6, 6.07) is 9.07. The molecule has 1 saturated carbocycles. The molecule has 4 aliphatic rings. The maximum absolute atomic E-state index is 12.7. The summed E-state index contributed by atoms with van der Waals surface area (Å²) in [6.45, 7) is 0.871. The minimum absolute atomic E-state index is 0.0438. The zero-order valence-corrected chi connectivity index (χ0v) is 19.5. The number of likely N-dealkylation sites (N-methyl/N-ethyl adjacent to an activating group) is 1. The number of hydrogen-bond donors (Lipinski definition) is 3. The SMILES string of the molecule is COc1ccc2c3c1O[C@H]1C(=O)CC[C@@]4(O)[C@@H](C2)N(C)CC[C@]314.O=C(O)c1ccc(C(=O)O)cc1. The summed E-state index contributed by atoms with van der Waals surface area (Å²) in [5.74, 6) is -0.658. The number of rotatable bonds is 3. The van der Waals surface area contributed by atoms with Crippen molar-refractivity contribution in [3.63, 3.8) is 0 Å². The molecule has 2 fully saturated rings. The summed E-state index contributed by atoms with van der Waals surface area (Å²) < 4.78 is 11.6. The lowest BCUT2D eigenvalue weighted by Crippen LogP contribution is -2.76. The Labute approximate surface area is 201 Å². The number of carboxylic acids is 2. The Hall–Kier alpha value is -3.43. The van der Waals surface area contributed by atoms with E-state index in [1.54, 1.807) is 7.11 Å². The number of benzene rings is 2. The molecule has 2 aliphatic heterocycles. The molecular formula is C26H27NO8. The van der Waals surface area contributed by atoms with Gasteiger partial charge in [0.1, 0.15) is 0 Å². The second kappa shape index (κ2) is 8.07. The minimum Gasteiger partial charge on any atom is -0.493 e. The van der Waals surface area contributed by atoms with Crippen molar-refractivity contribution >= 4 is 17.7 Å². The Kier molecular flexibility index (Phi) is 5.37. The third-order valence-corrected chi connectivity index (χ3v) is 8.11. The Morgan fingerprint density at radius 1 is 1.06 bits per heavy atom. The maximum Gasteiger partial charge on any atom is 0.335 e. The van der Waals surface area contributed by atoms with Gasteiger partial charge in [-0.1, -0.05) is 6.07 Å². The van der Waals surface area contributed by atoms with Crippen LogP contribution in [0.1, 0.15) is 51.1 Å². The van der Waals surface area contributed by atoms with Crippen molar-refractivity contribution in [1.82, 2.24) is 4.90 Å². The fourth-order valence-electron chi connectivity index (χ4n) is 6.44. The zero-order valence-electron chi connectivity index (χ0n) is 19.5. The molecule has 2 heterocycles. The monoisotopic (exact) mass is 481 g/mol. The van der Waals surface area contributed by atoms with Crippen LogP contribution < -0.4 is 9.47 Å². The molecule has 3 N–H and O–H groups in total. The number of hydrogen-bond acceptors (Lipinski definition) is 7. The Morgan fingerprint density at radius 3 is 2.26 bits per heavy atom. The van der Waals surface area contributed by atoms with Crippen molar-refractivity contribution < 1.29 is 39.2 Å². The topological polar surface area (TPSA) is 134 Å². The first kappa shape index (κ1) is 23.3. The van der Waals surface area contributed by atoms with Crippen LogP contribution in [0.5, 0.6) is 11.5 Å². The number of nitrogens with zero attached hydrogens (tertiary/aromatic N) is 1. The lowest BCUT2D eigenvalue weighted by atomic mass is 9.49. The number of Topliss-reactive ketones (excluding diaryl/α,β-unsaturated/α-hetero) is 1. The van der Waals surface area contributed by atoms with Gasteiger partial charge in [-0.2, -0.15) is 0 Å². The van der Waals surface area contributed by atoms with Crippen molar-refractivity contribution in [3.8, 4) is 11.5 Å². The molecule has 0 amide bonds. The second-order valence-electron chi connectivity index (χ2n) is 9.63. The molecule has 6 rings (SSSR count). The van der Waals surface area contributed by atoms with Gasteiger partial charge in [0.05, 0.1) is 29.3 Å². The number of ketones is 1. The Morgan fingerprint density at radius 2 is 1.69 bits per heavy atom. The van der Waals surface area contributed by atoms with E-state index in [-0.39, 0.29) is 23.0 Å². The van der Waals surface area contributed by atoms with E-state index >= 15 is 0 Å². The van der Waals surface area contributed by atoms with E-state index in [1.165, 1.54) is 29.8 Å². The minimum atomic E-state index is -1.06. The Bertz CT molecular complexity index is 1190. The summed E-state index contributed by atoms with van der Waals surface area (Å²) >= 11 is 0. The van der Waals surface area contributed by atoms with Gasteiger partial charge in [0.25, 0.3) is 0 Å². The molecule has 2 aromatic carbocycles. The molecule has 35 heavy (non-hydrogen) atoms. The van der Waals surface area contributed by atoms with Gasteiger partial charge in [-0.25, -0.2) is 9.59 Å². The van der Waals surface area contributed by atoms with Crippen molar-refractivity contribution in [3.05, 3.63) is 58.7 Å². The molecule has 2 aliphatic carbocycles. The van der Waals surface area contributed by atoms with Gasteiger partial charge < -0.3 is 29.7 Å². The number of carbonyl (C=O) groups is 3. The first-order chi connectivity index (χ1) is 16.6. The summed E-state index contributed by atoms with van der Waals surface area (Å²) in [7, 11) is 3.70. The van der Waals surface area contributed by atoms with Crippen LogP contribution in [0.15, 0.2) is 36.4 Å². The van der Waals surface area contributed by atoms with Crippen LogP contribution in [0.25, 0.3) is 0 Å². The second-order valence-corrected chi connectivity index (χ2v) is 9.63. The molecule has 9 heteroatoms. The van der Waals surface area contributed by atoms with Crippen LogP contribution >= 0.6 is 0 Å². The zero-order chi connectivity index (χ0) is 25.1. The number of piperidine rings is 1. The van der Waals surface area contributed by atoms with E-state index in [1.807, 2.05) is 6.07 Å². The lowest BCUT2D eigenvalue weighted by Gasteiger charge is -2.62. The van der Waals surface area contributed by atoms with Crippen LogP contribution in [-0.4, -0.2) is 76.4 Å². The van der Waals surface area contributed by atoms with Crippen molar-refractivity contribution in [2.75, 3.05) is 20.7 Å². The Balaban J connectivity index is 0.000000180. The van der Waals surface area contributed by atoms with Gasteiger partial charge in [0.2, 0.25) is 0 Å². The van der Waals surface area contributed by atoms with E-state index in [0.717, 1.165) is 24.9 Å². The summed E-state index contributed by atoms with van der Waals surface area (Å²) in [5, 5.41) is 28.7. The number of carboxylic acid groups (broad SMARTS) is 2. The van der Waals surface area contributed by atoms with E-state index in [2.05, 4.69) is 18.0 Å². The smallest absolute Gasteiger partial charge is 0.335 e. The molecule has 9 nitrogen and oxygen atoms in total. The normalized spacial score (nSPS) is 29.9. The van der Waals surface area contributed by atoms with Crippen LogP contribution in [0.2, 0.25) is 0 Å². The molecule has 2 bridgehead atoms. The third-order valence-electron chi connectivity index (χ3n) is 8.11. The molecule has 0 radical (unpaired) electrons. The number of likely N-dealkylation sites (tertiary alicyclic amines) is 1. The predicted octanol–water partition coefficient (Wildman–Crippen LogP) is 2.13. The maximum atomic E-state index is 12.7. The first-order valence-electron chi connectivity index (χ1n) is 11.5. The molecular weight excluding hydrogens is 454 g/mol. The van der Waals surface area contributed by atoms with Gasteiger partial charge >= 0.3 is 11.9 Å². The van der Waals surface area contributed by atoms with Crippen LogP contribution in [0.4, 0.5) is 0 Å². The summed E-state index contributed by atoms with van der Waals surface area (Å²) in [5.41, 5.74) is 0.904. The van der Waals surface area contributed by atoms with Gasteiger partial charge in [-0.05, 0) is 68.8 Å². The van der Waals surface area contributed by atoms with Crippen molar-refractivity contribution in [2.24, 2.45) is 0 Å². The number of carbonyl (C=O) groups excluding carboxylic acids is 1. The molecule has 2 aromatic rings. The van der Waals surface area contributed by atoms with Crippen LogP contribution in [0.3, 0.4) is 0 Å². The number of ether oxygens (including phenoxy) is 2. The van der Waals surface area contributed by atoms with Crippen LogP contribution in [-0.2, 0) is 16.6 Å². The van der Waals surface area contributed by atoms with E-state index in [4.69, 9.17) is 19.7 Å². The van der Waals surface area contributed by atoms with Crippen molar-refractivity contribution in [1.29, 1.82) is 0 Å². The highest BCUT2D eigenvalue weighted by atomic mass is 16.5. The van der Waals surface area contributed by atoms with Gasteiger partial charge in [-0.3, -0.25) is 4.79 Å². The molecule has 0 unspecified atom stereocenters. The number of aliphatic hydroxyl groups is 1. The quantitative estimate of drug-likeness (QED) is 0.603. The van der Waals surface area contributed by atoms with Crippen LogP contribution in [0, 0.1) is 0 Å². The highest BCUT2D eigenvalue weighted by Crippen LogP contribution is 2.64. The first-order valence-corrected chi connectivity index (χ1v) is 11.5. The standard InChI is InChI=1S/C18H21NO4.C8H6O4/c1-19-8-7-17-14-10-3-4-12(22-2)15(14)23-16(17)11(20)5-6-18(17,21)13(19)9-10;9-7(10)5-1-2-6(4-3-5)8(11)12/h3-4,13,16,21H,5-9H2,1-2H3;1-4H,(H,9,10)(H,11,12)/t13-,16+,17+,18-;/m1./s1. The fraction of sp³-hybridized carbons (Fsp3) is 0.423. The molecule has 1 spiro atoms. The van der Waals surface area contributed by atoms with E-state index < -0.39 is 29.1 Å². The van der Waals surface area contributed by atoms with Gasteiger partial charge in [-0.15, -0.1) is 0 Å². The van der Waals surface area contributed by atoms with E-state index in [9.17, 15) is 19.5 Å². The third kappa shape index (κ3) is 3.18. The molecule has 184 valence electrons. The average molecular weight is 482 g/mol. The molecule has 1 saturated heterocycles. The highest BCUT2D eigenvalue weighted by Gasteiger charge is 2.72. The van der Waals surface area contributed by atoms with E-state index in [0.29, 0.717) is 24.3 Å². The molecule has 4 atom stereocenters.